The summed E-state index contributed by atoms with van der Waals surface area (Å²) in [5.74, 6) is 0.786. The van der Waals surface area contributed by atoms with Crippen LogP contribution in [0.3, 0.4) is 0 Å². The molecule has 1 atom stereocenters. The SMILES string of the molecule is O=C1C[C@H](CCC(=O)N2CC(c3ccc(N4CC5(CCCC5)C4)cc3)C2)CO1. The minimum atomic E-state index is -0.124. The molecule has 28 heavy (non-hydrogen) atoms. The number of nitrogens with zero attached hydrogens (tertiary/aromatic N) is 2. The summed E-state index contributed by atoms with van der Waals surface area (Å²) in [6, 6.07) is 9.03. The van der Waals surface area contributed by atoms with Gasteiger partial charge in [0.1, 0.15) is 0 Å². The summed E-state index contributed by atoms with van der Waals surface area (Å²) in [4.78, 5) is 28.0. The molecule has 0 N–H and O–H groups in total. The number of carbonyl (C=O) groups is 2. The van der Waals surface area contributed by atoms with Crippen molar-refractivity contribution in [2.24, 2.45) is 11.3 Å². The van der Waals surface area contributed by atoms with Crippen LogP contribution in [0.25, 0.3) is 0 Å². The van der Waals surface area contributed by atoms with Crippen molar-refractivity contribution in [2.75, 3.05) is 37.7 Å². The fourth-order valence-corrected chi connectivity index (χ4v) is 5.47. The van der Waals surface area contributed by atoms with Crippen molar-refractivity contribution in [1.29, 1.82) is 0 Å². The van der Waals surface area contributed by atoms with Crippen LogP contribution >= 0.6 is 0 Å². The van der Waals surface area contributed by atoms with E-state index in [0.29, 0.717) is 30.8 Å². The summed E-state index contributed by atoms with van der Waals surface area (Å²) in [6.07, 6.45) is 7.42. The molecule has 1 aromatic carbocycles. The Morgan fingerprint density at radius 3 is 2.46 bits per heavy atom. The molecule has 4 fully saturated rings. The van der Waals surface area contributed by atoms with Gasteiger partial charge in [0.15, 0.2) is 0 Å². The van der Waals surface area contributed by atoms with Gasteiger partial charge in [-0.25, -0.2) is 0 Å². The molecule has 150 valence electrons. The minimum Gasteiger partial charge on any atom is -0.465 e. The Morgan fingerprint density at radius 1 is 1.11 bits per heavy atom. The average molecular weight is 383 g/mol. The Hall–Kier alpha value is -2.04. The molecular weight excluding hydrogens is 352 g/mol. The molecule has 1 spiro atoms. The lowest BCUT2D eigenvalue weighted by molar-refractivity contribution is -0.138. The molecule has 1 aliphatic carbocycles. The first-order valence-electron chi connectivity index (χ1n) is 10.9. The van der Waals surface area contributed by atoms with Crippen molar-refractivity contribution in [2.45, 2.75) is 50.9 Å². The summed E-state index contributed by atoms with van der Waals surface area (Å²) < 4.78 is 4.97. The zero-order valence-corrected chi connectivity index (χ0v) is 16.6. The second kappa shape index (κ2) is 7.09. The third-order valence-corrected chi connectivity index (χ3v) is 7.38. The number of anilines is 1. The normalized spacial score (nSPS) is 26.3. The van der Waals surface area contributed by atoms with Gasteiger partial charge in [-0.05, 0) is 37.0 Å². The molecule has 3 saturated heterocycles. The highest BCUT2D eigenvalue weighted by Crippen LogP contribution is 2.47. The van der Waals surface area contributed by atoms with E-state index in [9.17, 15) is 9.59 Å². The number of benzene rings is 1. The number of cyclic esters (lactones) is 1. The highest BCUT2D eigenvalue weighted by molar-refractivity contribution is 5.77. The van der Waals surface area contributed by atoms with Crippen LogP contribution in [0.1, 0.15) is 56.4 Å². The van der Waals surface area contributed by atoms with E-state index in [2.05, 4.69) is 29.2 Å². The van der Waals surface area contributed by atoms with E-state index in [-0.39, 0.29) is 17.8 Å². The van der Waals surface area contributed by atoms with Crippen LogP contribution in [0.15, 0.2) is 24.3 Å². The van der Waals surface area contributed by atoms with E-state index < -0.39 is 0 Å². The summed E-state index contributed by atoms with van der Waals surface area (Å²) >= 11 is 0. The predicted molar refractivity (Wildman–Crippen MR) is 107 cm³/mol. The van der Waals surface area contributed by atoms with E-state index >= 15 is 0 Å². The van der Waals surface area contributed by atoms with E-state index in [1.54, 1.807) is 0 Å². The van der Waals surface area contributed by atoms with Crippen molar-refractivity contribution in [1.82, 2.24) is 4.90 Å². The number of esters is 1. The van der Waals surface area contributed by atoms with E-state index in [1.807, 2.05) is 4.90 Å². The van der Waals surface area contributed by atoms with Crippen molar-refractivity contribution in [3.05, 3.63) is 29.8 Å². The molecule has 1 amide bonds. The van der Waals surface area contributed by atoms with Gasteiger partial charge in [0.05, 0.1) is 13.0 Å². The molecule has 5 nitrogen and oxygen atoms in total. The van der Waals surface area contributed by atoms with Crippen LogP contribution in [0, 0.1) is 11.3 Å². The molecule has 3 aliphatic heterocycles. The third kappa shape index (κ3) is 3.40. The number of hydrogen-bond acceptors (Lipinski definition) is 4. The maximum Gasteiger partial charge on any atom is 0.306 e. The van der Waals surface area contributed by atoms with Gasteiger partial charge in [-0.1, -0.05) is 25.0 Å². The highest BCUT2D eigenvalue weighted by Gasteiger charge is 2.44. The summed E-state index contributed by atoms with van der Waals surface area (Å²) in [7, 11) is 0. The molecule has 4 aliphatic rings. The van der Waals surface area contributed by atoms with Crippen LogP contribution in [0.4, 0.5) is 5.69 Å². The van der Waals surface area contributed by atoms with Crippen molar-refractivity contribution < 1.29 is 14.3 Å². The molecule has 0 radical (unpaired) electrons. The average Bonchev–Trinajstić information content (AvgIpc) is 3.27. The molecular formula is C23H30N2O3. The van der Waals surface area contributed by atoms with Gasteiger partial charge in [0, 0.05) is 55.5 Å². The minimum absolute atomic E-state index is 0.124. The molecule has 0 bridgehead atoms. The Kier molecular flexibility index (Phi) is 4.56. The second-order valence-electron chi connectivity index (χ2n) is 9.44. The molecule has 0 aromatic heterocycles. The van der Waals surface area contributed by atoms with Crippen LogP contribution in [-0.4, -0.2) is 49.6 Å². The van der Waals surface area contributed by atoms with Gasteiger partial charge in [0.25, 0.3) is 0 Å². The van der Waals surface area contributed by atoms with Gasteiger partial charge in [-0.3, -0.25) is 9.59 Å². The summed E-state index contributed by atoms with van der Waals surface area (Å²) in [6.45, 7) is 4.60. The van der Waals surface area contributed by atoms with Gasteiger partial charge >= 0.3 is 5.97 Å². The lowest BCUT2D eigenvalue weighted by atomic mass is 9.78. The molecule has 0 unspecified atom stereocenters. The van der Waals surface area contributed by atoms with Gasteiger partial charge in [-0.15, -0.1) is 0 Å². The number of amides is 1. The van der Waals surface area contributed by atoms with Crippen molar-refractivity contribution >= 4 is 17.6 Å². The topological polar surface area (TPSA) is 49.9 Å². The monoisotopic (exact) mass is 382 g/mol. The quantitative estimate of drug-likeness (QED) is 0.733. The highest BCUT2D eigenvalue weighted by atomic mass is 16.5. The Morgan fingerprint density at radius 2 is 1.82 bits per heavy atom. The first-order chi connectivity index (χ1) is 13.6. The number of rotatable bonds is 5. The predicted octanol–water partition coefficient (Wildman–Crippen LogP) is 3.34. The van der Waals surface area contributed by atoms with E-state index in [1.165, 1.54) is 50.0 Å². The van der Waals surface area contributed by atoms with E-state index in [0.717, 1.165) is 19.5 Å². The molecule has 1 saturated carbocycles. The lowest BCUT2D eigenvalue weighted by Gasteiger charge is -2.50. The maximum atomic E-state index is 12.3. The first-order valence-corrected chi connectivity index (χ1v) is 10.9. The van der Waals surface area contributed by atoms with Crippen LogP contribution in [-0.2, 0) is 14.3 Å². The second-order valence-corrected chi connectivity index (χ2v) is 9.44. The summed E-state index contributed by atoms with van der Waals surface area (Å²) in [5, 5.41) is 0. The third-order valence-electron chi connectivity index (χ3n) is 7.38. The molecule has 3 heterocycles. The Balaban J connectivity index is 1.07. The first kappa shape index (κ1) is 18.0. The van der Waals surface area contributed by atoms with Crippen molar-refractivity contribution in [3.8, 4) is 0 Å². The maximum absolute atomic E-state index is 12.3. The van der Waals surface area contributed by atoms with Crippen molar-refractivity contribution in [3.63, 3.8) is 0 Å². The number of carbonyl (C=O) groups excluding carboxylic acids is 2. The Bertz CT molecular complexity index is 740. The standard InChI is InChI=1S/C23H30N2O3/c26-21(8-3-17-11-22(27)28-14-17)24-12-19(13-24)18-4-6-20(7-5-18)25-15-23(16-25)9-1-2-10-23/h4-7,17,19H,1-3,8-16H2/t17-/m0/s1. The Labute approximate surface area is 167 Å². The molecule has 5 rings (SSSR count). The zero-order valence-electron chi connectivity index (χ0n) is 16.6. The number of likely N-dealkylation sites (tertiary alicyclic amines) is 1. The van der Waals surface area contributed by atoms with Crippen LogP contribution < -0.4 is 4.90 Å². The zero-order chi connectivity index (χ0) is 19.1. The number of ether oxygens (including phenoxy) is 1. The molecule has 5 heteroatoms. The smallest absolute Gasteiger partial charge is 0.306 e. The van der Waals surface area contributed by atoms with E-state index in [4.69, 9.17) is 4.74 Å². The van der Waals surface area contributed by atoms with Gasteiger partial charge in [-0.2, -0.15) is 0 Å². The largest absolute Gasteiger partial charge is 0.465 e. The fourth-order valence-electron chi connectivity index (χ4n) is 5.47. The van der Waals surface area contributed by atoms with Crippen LogP contribution in [0.5, 0.6) is 0 Å². The lowest BCUT2D eigenvalue weighted by Crippen LogP contribution is -2.55. The number of hydrogen-bond donors (Lipinski definition) is 0. The van der Waals surface area contributed by atoms with Crippen LogP contribution in [0.2, 0.25) is 0 Å². The fraction of sp³-hybridized carbons (Fsp3) is 0.652. The summed E-state index contributed by atoms with van der Waals surface area (Å²) in [5.41, 5.74) is 3.33. The van der Waals surface area contributed by atoms with Gasteiger partial charge in [0.2, 0.25) is 5.91 Å². The molecule has 1 aromatic rings. The van der Waals surface area contributed by atoms with Gasteiger partial charge < -0.3 is 14.5 Å².